The zero-order valence-corrected chi connectivity index (χ0v) is 20.2. The number of methoxy groups -OCH3 is 1. The van der Waals surface area contributed by atoms with Crippen molar-refractivity contribution in [3.63, 3.8) is 0 Å². The summed E-state index contributed by atoms with van der Waals surface area (Å²) in [7, 11) is 7.74. The lowest BCUT2D eigenvalue weighted by atomic mass is 9.86. The van der Waals surface area contributed by atoms with Crippen molar-refractivity contribution in [2.75, 3.05) is 28.3 Å². The summed E-state index contributed by atoms with van der Waals surface area (Å²) in [6, 6.07) is 0. The van der Waals surface area contributed by atoms with E-state index in [0.717, 1.165) is 36.2 Å². The van der Waals surface area contributed by atoms with Gasteiger partial charge in [0.25, 0.3) is 0 Å². The largest absolute Gasteiger partial charge is 0.502 e. The molecule has 0 N–H and O–H groups in total. The Hall–Kier alpha value is -0.830. The Kier molecular flexibility index (Phi) is 33.3. The molecule has 3 atom stereocenters. The molecular weight excluding hydrogens is 322 g/mol. The minimum atomic E-state index is 0.750. The van der Waals surface area contributed by atoms with Gasteiger partial charge in [0.15, 0.2) is 0 Å². The summed E-state index contributed by atoms with van der Waals surface area (Å²) >= 11 is 0. The van der Waals surface area contributed by atoms with E-state index >= 15 is 0 Å². The Balaban J connectivity index is -0.000000199. The smallest absolute Gasteiger partial charge is 0.116 e. The maximum atomic E-state index is 8.81. The van der Waals surface area contributed by atoms with Gasteiger partial charge in [0.2, 0.25) is 0 Å². The lowest BCUT2D eigenvalue weighted by Crippen LogP contribution is -2.09. The first-order valence-corrected chi connectivity index (χ1v) is 10.3. The third-order valence-corrected chi connectivity index (χ3v) is 3.88. The van der Waals surface area contributed by atoms with Gasteiger partial charge in [0.1, 0.15) is 6.29 Å². The Bertz CT molecular complexity index is 285. The van der Waals surface area contributed by atoms with Crippen LogP contribution in [0.4, 0.5) is 0 Å². The summed E-state index contributed by atoms with van der Waals surface area (Å²) in [4.78, 5) is 10.8. The van der Waals surface area contributed by atoms with Crippen molar-refractivity contribution in [1.29, 1.82) is 0 Å². The van der Waals surface area contributed by atoms with Crippen molar-refractivity contribution in [2.45, 2.75) is 87.5 Å². The molecule has 0 saturated heterocycles. The van der Waals surface area contributed by atoms with Gasteiger partial charge in [-0.1, -0.05) is 67.2 Å². The van der Waals surface area contributed by atoms with E-state index in [2.05, 4.69) is 47.6 Å². The van der Waals surface area contributed by atoms with Crippen LogP contribution < -0.4 is 0 Å². The van der Waals surface area contributed by atoms with Gasteiger partial charge in [-0.15, -0.1) is 0 Å². The zero-order valence-electron chi connectivity index (χ0n) is 20.2. The molecule has 26 heavy (non-hydrogen) atoms. The van der Waals surface area contributed by atoms with Crippen LogP contribution in [0.25, 0.3) is 0 Å². The maximum absolute atomic E-state index is 8.81. The third-order valence-electron chi connectivity index (χ3n) is 3.88. The van der Waals surface area contributed by atoms with Crippen LogP contribution in [0.5, 0.6) is 0 Å². The fourth-order valence-corrected chi connectivity index (χ4v) is 1.70. The number of ether oxygens (including phenoxy) is 1. The number of allylic oxidation sites excluding steroid dienone is 2. The second-order valence-electron chi connectivity index (χ2n) is 7.58. The SMILES string of the molecule is CC=O.CCC.CCC(C)CCC(C)C(C)C/C=C(\C)OC.CN(C)C. The fraction of sp³-hybridized carbons (Fsp3) is 0.870. The van der Waals surface area contributed by atoms with Gasteiger partial charge in [0.05, 0.1) is 12.9 Å². The van der Waals surface area contributed by atoms with Gasteiger partial charge in [0, 0.05) is 0 Å². The van der Waals surface area contributed by atoms with E-state index in [1.54, 1.807) is 7.11 Å². The van der Waals surface area contributed by atoms with E-state index < -0.39 is 0 Å². The molecule has 3 heteroatoms. The summed E-state index contributed by atoms with van der Waals surface area (Å²) in [5.74, 6) is 3.50. The molecule has 0 amide bonds. The summed E-state index contributed by atoms with van der Waals surface area (Å²) in [5, 5.41) is 0. The molecule has 3 unspecified atom stereocenters. The second kappa shape index (κ2) is 26.4. The highest BCUT2D eigenvalue weighted by Crippen LogP contribution is 2.24. The molecule has 0 aromatic carbocycles. The van der Waals surface area contributed by atoms with Gasteiger partial charge < -0.3 is 14.4 Å². The van der Waals surface area contributed by atoms with Crippen molar-refractivity contribution in [3.8, 4) is 0 Å². The molecule has 0 heterocycles. The third kappa shape index (κ3) is 38.6. The van der Waals surface area contributed by atoms with Gasteiger partial charge in [-0.05, 0) is 65.2 Å². The minimum Gasteiger partial charge on any atom is -0.502 e. The Morgan fingerprint density at radius 2 is 1.38 bits per heavy atom. The molecule has 0 aliphatic rings. The number of hydrogen-bond donors (Lipinski definition) is 0. The van der Waals surface area contributed by atoms with Crippen molar-refractivity contribution in [2.24, 2.45) is 17.8 Å². The Morgan fingerprint density at radius 3 is 1.69 bits per heavy atom. The van der Waals surface area contributed by atoms with E-state index in [9.17, 15) is 0 Å². The predicted octanol–water partition coefficient (Wildman–Crippen LogP) is 6.82. The van der Waals surface area contributed by atoms with Gasteiger partial charge >= 0.3 is 0 Å². The average molecular weight is 374 g/mol. The monoisotopic (exact) mass is 373 g/mol. The number of aldehydes is 1. The molecule has 0 radical (unpaired) electrons. The molecule has 0 aliphatic heterocycles. The van der Waals surface area contributed by atoms with Crippen LogP contribution in [0.2, 0.25) is 0 Å². The number of hydrogen-bond acceptors (Lipinski definition) is 3. The van der Waals surface area contributed by atoms with Crippen molar-refractivity contribution < 1.29 is 9.53 Å². The van der Waals surface area contributed by atoms with Crippen molar-refractivity contribution in [3.05, 3.63) is 11.8 Å². The van der Waals surface area contributed by atoms with Crippen molar-refractivity contribution in [1.82, 2.24) is 4.90 Å². The number of carbonyl (C=O) groups excluding carboxylic acids is 1. The highest BCUT2D eigenvalue weighted by molar-refractivity contribution is 5.44. The van der Waals surface area contributed by atoms with Gasteiger partial charge in [-0.25, -0.2) is 0 Å². The number of rotatable bonds is 8. The predicted molar refractivity (Wildman–Crippen MR) is 120 cm³/mol. The minimum absolute atomic E-state index is 0.750. The summed E-state index contributed by atoms with van der Waals surface area (Å²) in [6.45, 7) is 17.1. The molecule has 0 aromatic rings. The number of nitrogens with zero attached hydrogens (tertiary/aromatic N) is 1. The first kappa shape index (κ1) is 32.8. The highest BCUT2D eigenvalue weighted by Gasteiger charge is 2.12. The molecule has 0 saturated carbocycles. The van der Waals surface area contributed by atoms with E-state index in [1.165, 1.54) is 32.6 Å². The van der Waals surface area contributed by atoms with Crippen LogP contribution in [0.3, 0.4) is 0 Å². The first-order chi connectivity index (χ1) is 12.1. The molecule has 0 spiro atoms. The molecule has 0 rings (SSSR count). The van der Waals surface area contributed by atoms with E-state index in [4.69, 9.17) is 9.53 Å². The lowest BCUT2D eigenvalue weighted by Gasteiger charge is -2.20. The Morgan fingerprint density at radius 1 is 1.00 bits per heavy atom. The van der Waals surface area contributed by atoms with Crippen LogP contribution in [0.15, 0.2) is 11.8 Å². The Labute approximate surface area is 166 Å². The van der Waals surface area contributed by atoms with E-state index in [-0.39, 0.29) is 0 Å². The lowest BCUT2D eigenvalue weighted by molar-refractivity contribution is -0.106. The average Bonchev–Trinajstić information content (AvgIpc) is 2.57. The first-order valence-electron chi connectivity index (χ1n) is 10.3. The molecule has 0 fully saturated rings. The molecule has 160 valence electrons. The molecule has 0 aliphatic carbocycles. The molecule has 0 aromatic heterocycles. The van der Waals surface area contributed by atoms with Crippen LogP contribution in [0.1, 0.15) is 87.5 Å². The molecule has 0 bridgehead atoms. The maximum Gasteiger partial charge on any atom is 0.116 e. The number of carbonyl (C=O) groups is 1. The van der Waals surface area contributed by atoms with Gasteiger partial charge in [-0.3, -0.25) is 0 Å². The van der Waals surface area contributed by atoms with Crippen molar-refractivity contribution >= 4 is 6.29 Å². The normalized spacial score (nSPS) is 13.7. The molecule has 3 nitrogen and oxygen atoms in total. The summed E-state index contributed by atoms with van der Waals surface area (Å²) in [6.07, 6.45) is 9.39. The van der Waals surface area contributed by atoms with Crippen LogP contribution in [-0.2, 0) is 9.53 Å². The summed E-state index contributed by atoms with van der Waals surface area (Å²) < 4.78 is 5.16. The molecular formula is C23H51NO2. The van der Waals surface area contributed by atoms with Gasteiger partial charge in [-0.2, -0.15) is 0 Å². The second-order valence-corrected chi connectivity index (χ2v) is 7.58. The van der Waals surface area contributed by atoms with Crippen LogP contribution in [0, 0.1) is 17.8 Å². The highest BCUT2D eigenvalue weighted by atomic mass is 16.5. The standard InChI is InChI=1S/C15H30O.C3H9N.C3H8.C2H4O/c1-7-12(2)8-9-13(3)14(4)10-11-15(5)16-6;1-4(2)3;1-3-2;1-2-3/h11-14H,7-10H2,1-6H3;1-3H3;3H2,1-2H3;2H,1H3/b15-11+;;;. The topological polar surface area (TPSA) is 29.5 Å². The van der Waals surface area contributed by atoms with Crippen LogP contribution >= 0.6 is 0 Å². The summed E-state index contributed by atoms with van der Waals surface area (Å²) in [5.41, 5.74) is 0. The zero-order chi connectivity index (χ0) is 21.5. The van der Waals surface area contributed by atoms with E-state index in [0.29, 0.717) is 0 Å². The van der Waals surface area contributed by atoms with Crippen LogP contribution in [-0.4, -0.2) is 39.4 Å². The fourth-order valence-electron chi connectivity index (χ4n) is 1.70. The quantitative estimate of drug-likeness (QED) is 0.345. The van der Waals surface area contributed by atoms with E-state index in [1.807, 2.05) is 33.0 Å².